The Morgan fingerprint density at radius 2 is 1.61 bits per heavy atom. The van der Waals surface area contributed by atoms with Crippen LogP contribution in [-0.4, -0.2) is 107 Å². The number of aromatic hydroxyl groups is 1. The molecule has 14 nitrogen and oxygen atoms in total. The molecule has 2 amide bonds. The van der Waals surface area contributed by atoms with E-state index in [9.17, 15) is 14.7 Å². The topological polar surface area (TPSA) is 160 Å². The van der Waals surface area contributed by atoms with Crippen LogP contribution >= 0.6 is 0 Å². The summed E-state index contributed by atoms with van der Waals surface area (Å²) >= 11 is 0. The fourth-order valence-corrected chi connectivity index (χ4v) is 8.62. The van der Waals surface area contributed by atoms with E-state index < -0.39 is 0 Å². The van der Waals surface area contributed by atoms with Gasteiger partial charge < -0.3 is 35.3 Å². The molecule has 4 aliphatic rings. The standard InChI is InChI=1S/C40H49N11O3/c1-47(17-5-7-26-11-14-32-34(19-26)48(2)25-50(32)33-15-16-37(53)44-39(33)54)18-6-8-27-21-42-40(43-22-27)51-28-12-13-29(51)24-49(23-28)35-20-31(45-46-38(35)41)30-9-3-4-10-36(30)52/h3-4,9-11,14,19-22,28-29,33,52H,5-8,12-13,15-18,23-25H2,1-2H3,(H2,41,46)(H,44,53,54). The third-order valence-electron chi connectivity index (χ3n) is 11.4. The molecular weight excluding hydrogens is 683 g/mol. The van der Waals surface area contributed by atoms with Gasteiger partial charge in [-0.15, -0.1) is 10.2 Å². The minimum Gasteiger partial charge on any atom is -0.507 e. The van der Waals surface area contributed by atoms with Crippen molar-refractivity contribution in [2.75, 3.05) is 72.3 Å². The molecule has 3 saturated heterocycles. The minimum atomic E-state index is -0.308. The molecule has 2 aromatic heterocycles. The number of para-hydroxylation sites is 1. The summed E-state index contributed by atoms with van der Waals surface area (Å²) in [4.78, 5) is 45.2. The van der Waals surface area contributed by atoms with Gasteiger partial charge in [0.2, 0.25) is 17.8 Å². The normalized spacial score (nSPS) is 20.9. The molecule has 0 aliphatic carbocycles. The van der Waals surface area contributed by atoms with Crippen molar-refractivity contribution in [3.63, 3.8) is 0 Å². The van der Waals surface area contributed by atoms with Gasteiger partial charge >= 0.3 is 0 Å². The number of carbonyl (C=O) groups excluding carboxylic acids is 2. The number of nitrogen functional groups attached to an aromatic ring is 1. The summed E-state index contributed by atoms with van der Waals surface area (Å²) in [6.45, 7) is 4.23. The van der Waals surface area contributed by atoms with Crippen molar-refractivity contribution in [1.29, 1.82) is 0 Å². The molecule has 4 aliphatic heterocycles. The minimum absolute atomic E-state index is 0.166. The smallest absolute Gasteiger partial charge is 0.249 e. The lowest BCUT2D eigenvalue weighted by atomic mass is 10.0. The molecule has 14 heteroatoms. The van der Waals surface area contributed by atoms with E-state index in [1.54, 1.807) is 12.1 Å². The third-order valence-corrected chi connectivity index (χ3v) is 11.4. The highest BCUT2D eigenvalue weighted by Crippen LogP contribution is 2.40. The molecule has 2 bridgehead atoms. The van der Waals surface area contributed by atoms with Gasteiger partial charge in [0.1, 0.15) is 11.8 Å². The zero-order valence-corrected chi connectivity index (χ0v) is 31.1. The number of phenols is 1. The zero-order chi connectivity index (χ0) is 37.3. The third kappa shape index (κ3) is 7.22. The van der Waals surface area contributed by atoms with E-state index in [1.165, 1.54) is 5.56 Å². The van der Waals surface area contributed by atoms with Gasteiger partial charge in [0.05, 0.1) is 29.4 Å². The fraction of sp³-hybridized carbons (Fsp3) is 0.450. The molecule has 0 saturated carbocycles. The second-order valence-corrected chi connectivity index (χ2v) is 15.2. The van der Waals surface area contributed by atoms with E-state index in [1.807, 2.05) is 30.6 Å². The van der Waals surface area contributed by atoms with E-state index >= 15 is 0 Å². The van der Waals surface area contributed by atoms with Gasteiger partial charge in [-0.2, -0.15) is 0 Å². The maximum absolute atomic E-state index is 12.5. The van der Waals surface area contributed by atoms with Crippen LogP contribution in [-0.2, 0) is 22.4 Å². The molecule has 3 atom stereocenters. The number of phenolic OH excluding ortho intramolecular Hbond substituents is 1. The Hall–Kier alpha value is -5.50. The maximum atomic E-state index is 12.5. The lowest BCUT2D eigenvalue weighted by Crippen LogP contribution is -2.54. The predicted octanol–water partition coefficient (Wildman–Crippen LogP) is 3.60. The monoisotopic (exact) mass is 731 g/mol. The summed E-state index contributed by atoms with van der Waals surface area (Å²) in [6.07, 6.45) is 11.1. The lowest BCUT2D eigenvalue weighted by Gasteiger charge is -2.42. The van der Waals surface area contributed by atoms with E-state index in [0.29, 0.717) is 36.6 Å². The van der Waals surface area contributed by atoms with Gasteiger partial charge in [-0.1, -0.05) is 18.2 Å². The number of rotatable bonds is 12. The van der Waals surface area contributed by atoms with Gasteiger partial charge in [0.25, 0.3) is 0 Å². The van der Waals surface area contributed by atoms with Crippen LogP contribution in [0.4, 0.5) is 28.8 Å². The number of nitrogens with zero attached hydrogens (tertiary/aromatic N) is 9. The number of piperazine rings is 1. The number of hydrogen-bond donors (Lipinski definition) is 3. The van der Waals surface area contributed by atoms with Gasteiger partial charge in [-0.25, -0.2) is 9.97 Å². The number of aryl methyl sites for hydroxylation is 2. The number of carbonyl (C=O) groups is 2. The number of nitrogens with one attached hydrogen (secondary N) is 1. The van der Waals surface area contributed by atoms with Crippen LogP contribution in [0.5, 0.6) is 5.75 Å². The number of fused-ring (bicyclic) bond motifs is 3. The van der Waals surface area contributed by atoms with Crippen molar-refractivity contribution in [3.8, 4) is 17.0 Å². The average Bonchev–Trinajstić information content (AvgIpc) is 3.63. The Labute approximate surface area is 316 Å². The molecular formula is C40H49N11O3. The van der Waals surface area contributed by atoms with E-state index in [-0.39, 0.29) is 35.7 Å². The van der Waals surface area contributed by atoms with Crippen LogP contribution in [0.25, 0.3) is 11.3 Å². The van der Waals surface area contributed by atoms with Gasteiger partial charge in [0.15, 0.2) is 5.82 Å². The number of aromatic nitrogens is 4. The largest absolute Gasteiger partial charge is 0.507 e. The van der Waals surface area contributed by atoms with Crippen molar-refractivity contribution in [2.24, 2.45) is 0 Å². The van der Waals surface area contributed by atoms with Gasteiger partial charge in [0, 0.05) is 56.6 Å². The molecule has 3 unspecified atom stereocenters. The number of piperidine rings is 1. The summed E-state index contributed by atoms with van der Waals surface area (Å²) in [5, 5.41) is 21.4. The molecule has 3 fully saturated rings. The zero-order valence-electron chi connectivity index (χ0n) is 31.1. The number of benzene rings is 2. The number of hydrogen-bond acceptors (Lipinski definition) is 13. The fourth-order valence-electron chi connectivity index (χ4n) is 8.62. The second kappa shape index (κ2) is 15.1. The molecule has 6 heterocycles. The van der Waals surface area contributed by atoms with Crippen molar-refractivity contribution >= 4 is 40.6 Å². The quantitative estimate of drug-likeness (QED) is 0.182. The average molecular weight is 732 g/mol. The first-order valence-electron chi connectivity index (χ1n) is 19.1. The van der Waals surface area contributed by atoms with E-state index in [2.05, 4.69) is 72.3 Å². The highest BCUT2D eigenvalue weighted by Gasteiger charge is 2.42. The summed E-state index contributed by atoms with van der Waals surface area (Å²) in [6, 6.07) is 15.9. The highest BCUT2D eigenvalue weighted by molar-refractivity contribution is 6.02. The molecule has 0 radical (unpaired) electrons. The van der Waals surface area contributed by atoms with Crippen molar-refractivity contribution < 1.29 is 14.7 Å². The molecule has 4 aromatic rings. The summed E-state index contributed by atoms with van der Waals surface area (Å²) in [5.41, 5.74) is 13.1. The number of imide groups is 1. The SMILES string of the molecule is CN(CCCc1cnc(N2C3CCC2CN(c2cc(-c4ccccc4O)nnc2N)C3)nc1)CCCc1ccc2c(c1)N(C)CN2C1CCC(=O)NC1=O. The Bertz CT molecular complexity index is 2000. The Kier molecular flexibility index (Phi) is 9.93. The molecule has 0 spiro atoms. The van der Waals surface area contributed by atoms with Crippen LogP contribution in [0.1, 0.15) is 49.7 Å². The summed E-state index contributed by atoms with van der Waals surface area (Å²) in [7, 11) is 4.24. The van der Waals surface area contributed by atoms with Crippen molar-refractivity contribution in [3.05, 3.63) is 72.1 Å². The Balaban J connectivity index is 0.794. The first-order valence-corrected chi connectivity index (χ1v) is 19.1. The molecule has 8 rings (SSSR count). The van der Waals surface area contributed by atoms with Gasteiger partial charge in [-0.05, 0) is 107 Å². The summed E-state index contributed by atoms with van der Waals surface area (Å²) < 4.78 is 0. The van der Waals surface area contributed by atoms with Crippen LogP contribution in [0.3, 0.4) is 0 Å². The second-order valence-electron chi connectivity index (χ2n) is 15.2. The van der Waals surface area contributed by atoms with Crippen molar-refractivity contribution in [1.82, 2.24) is 30.4 Å². The van der Waals surface area contributed by atoms with Gasteiger partial charge in [-0.3, -0.25) is 14.9 Å². The molecule has 4 N–H and O–H groups in total. The Morgan fingerprint density at radius 1 is 0.889 bits per heavy atom. The predicted molar refractivity (Wildman–Crippen MR) is 210 cm³/mol. The Morgan fingerprint density at radius 3 is 2.33 bits per heavy atom. The van der Waals surface area contributed by atoms with Crippen LogP contribution in [0.15, 0.2) is 60.9 Å². The summed E-state index contributed by atoms with van der Waals surface area (Å²) in [5.74, 6) is 0.966. The molecule has 282 valence electrons. The number of amides is 2. The van der Waals surface area contributed by atoms with E-state index in [0.717, 1.165) is 93.3 Å². The first kappa shape index (κ1) is 35.5. The number of nitrogens with two attached hydrogens (primary N) is 1. The highest BCUT2D eigenvalue weighted by atomic mass is 16.3. The first-order chi connectivity index (χ1) is 26.2. The van der Waals surface area contributed by atoms with E-state index in [4.69, 9.17) is 15.7 Å². The van der Waals surface area contributed by atoms with Crippen LogP contribution in [0.2, 0.25) is 0 Å². The molecule has 54 heavy (non-hydrogen) atoms. The number of anilines is 5. The molecule has 2 aromatic carbocycles. The van der Waals surface area contributed by atoms with Crippen LogP contribution < -0.4 is 30.7 Å². The van der Waals surface area contributed by atoms with Crippen molar-refractivity contribution in [2.45, 2.75) is 69.5 Å². The lowest BCUT2D eigenvalue weighted by molar-refractivity contribution is -0.134. The van der Waals surface area contributed by atoms with Crippen LogP contribution in [0, 0.1) is 0 Å². The maximum Gasteiger partial charge on any atom is 0.249 e.